The van der Waals surface area contributed by atoms with Crippen LogP contribution in [0.5, 0.6) is 0 Å². The van der Waals surface area contributed by atoms with E-state index >= 15 is 0 Å². The summed E-state index contributed by atoms with van der Waals surface area (Å²) in [6.45, 7) is 0.958. The minimum atomic E-state index is -0.433. The average Bonchev–Trinajstić information content (AvgIpc) is 2.98. The summed E-state index contributed by atoms with van der Waals surface area (Å²) in [6.07, 6.45) is 3.30. The lowest BCUT2D eigenvalue weighted by Gasteiger charge is -2.19. The van der Waals surface area contributed by atoms with Crippen molar-refractivity contribution in [2.24, 2.45) is 0 Å². The summed E-state index contributed by atoms with van der Waals surface area (Å²) in [7, 11) is 0. The number of hydrogen-bond donors (Lipinski definition) is 1. The van der Waals surface area contributed by atoms with Gasteiger partial charge in [0.15, 0.2) is 0 Å². The molecule has 1 aromatic carbocycles. The van der Waals surface area contributed by atoms with Crippen molar-refractivity contribution in [3.63, 3.8) is 0 Å². The summed E-state index contributed by atoms with van der Waals surface area (Å²) in [5.41, 5.74) is 0.757. The van der Waals surface area contributed by atoms with E-state index < -0.39 is 4.92 Å². The van der Waals surface area contributed by atoms with Gasteiger partial charge in [-0.05, 0) is 31.5 Å². The van der Waals surface area contributed by atoms with E-state index in [9.17, 15) is 10.1 Å². The standard InChI is InChI=1S/C13H14N4O3/c18-17(19)10-6-4-9(5-7-10)12-15-13(20-16-12)11-3-1-2-8-14-11/h4-7,11,14H,1-3,8H2/t11-/m1/s1. The van der Waals surface area contributed by atoms with Crippen molar-refractivity contribution < 1.29 is 9.45 Å². The van der Waals surface area contributed by atoms with Crippen molar-refractivity contribution in [2.75, 3.05) is 6.54 Å². The molecule has 0 spiro atoms. The molecule has 20 heavy (non-hydrogen) atoms. The van der Waals surface area contributed by atoms with E-state index in [4.69, 9.17) is 4.52 Å². The first-order chi connectivity index (χ1) is 9.74. The summed E-state index contributed by atoms with van der Waals surface area (Å²) in [5, 5.41) is 17.9. The number of aromatic nitrogens is 2. The van der Waals surface area contributed by atoms with E-state index in [0.29, 0.717) is 17.3 Å². The fourth-order valence-electron chi connectivity index (χ4n) is 2.29. The first kappa shape index (κ1) is 12.7. The van der Waals surface area contributed by atoms with Gasteiger partial charge in [0.2, 0.25) is 11.7 Å². The Labute approximate surface area is 115 Å². The van der Waals surface area contributed by atoms with Gasteiger partial charge in [-0.3, -0.25) is 10.1 Å². The molecule has 1 aliphatic heterocycles. The van der Waals surface area contributed by atoms with Crippen LogP contribution in [0.2, 0.25) is 0 Å². The molecule has 0 saturated carbocycles. The highest BCUT2D eigenvalue weighted by molar-refractivity contribution is 5.56. The van der Waals surface area contributed by atoms with Gasteiger partial charge in [-0.2, -0.15) is 4.98 Å². The predicted molar refractivity (Wildman–Crippen MR) is 71.0 cm³/mol. The molecule has 1 aromatic heterocycles. The minimum Gasteiger partial charge on any atom is -0.337 e. The van der Waals surface area contributed by atoms with Crippen LogP contribution < -0.4 is 5.32 Å². The molecular weight excluding hydrogens is 260 g/mol. The molecule has 0 bridgehead atoms. The molecule has 104 valence electrons. The molecule has 2 heterocycles. The van der Waals surface area contributed by atoms with E-state index in [1.807, 2.05) is 0 Å². The smallest absolute Gasteiger partial charge is 0.269 e. The maximum Gasteiger partial charge on any atom is 0.269 e. The minimum absolute atomic E-state index is 0.0476. The van der Waals surface area contributed by atoms with Crippen molar-refractivity contribution in [2.45, 2.75) is 25.3 Å². The Morgan fingerprint density at radius 3 is 2.75 bits per heavy atom. The number of nitro benzene ring substituents is 1. The van der Waals surface area contributed by atoms with Crippen LogP contribution in [0.25, 0.3) is 11.4 Å². The summed E-state index contributed by atoms with van der Waals surface area (Å²) in [5.74, 6) is 1.04. The first-order valence-corrected chi connectivity index (χ1v) is 6.56. The van der Waals surface area contributed by atoms with Gasteiger partial charge < -0.3 is 9.84 Å². The molecule has 0 amide bonds. The van der Waals surface area contributed by atoms with Crippen LogP contribution in [-0.4, -0.2) is 21.6 Å². The van der Waals surface area contributed by atoms with Crippen molar-refractivity contribution in [1.29, 1.82) is 0 Å². The van der Waals surface area contributed by atoms with Crippen molar-refractivity contribution in [1.82, 2.24) is 15.5 Å². The molecule has 2 aromatic rings. The molecule has 1 atom stereocenters. The lowest BCUT2D eigenvalue weighted by Crippen LogP contribution is -2.26. The van der Waals surface area contributed by atoms with Gasteiger partial charge in [-0.1, -0.05) is 11.6 Å². The predicted octanol–water partition coefficient (Wildman–Crippen LogP) is 2.46. The largest absolute Gasteiger partial charge is 0.337 e. The molecule has 1 aliphatic rings. The van der Waals surface area contributed by atoms with Crippen LogP contribution >= 0.6 is 0 Å². The normalized spacial score (nSPS) is 18.9. The van der Waals surface area contributed by atoms with Crippen LogP contribution in [0.1, 0.15) is 31.2 Å². The molecule has 0 radical (unpaired) electrons. The van der Waals surface area contributed by atoms with E-state index in [1.165, 1.54) is 18.6 Å². The number of hydrogen-bond acceptors (Lipinski definition) is 6. The number of piperidine rings is 1. The van der Waals surface area contributed by atoms with E-state index in [2.05, 4.69) is 15.5 Å². The van der Waals surface area contributed by atoms with Gasteiger partial charge >= 0.3 is 0 Å². The summed E-state index contributed by atoms with van der Waals surface area (Å²) in [4.78, 5) is 14.5. The number of nitro groups is 1. The molecule has 3 rings (SSSR count). The van der Waals surface area contributed by atoms with Gasteiger partial charge in [0.25, 0.3) is 5.69 Å². The summed E-state index contributed by atoms with van der Waals surface area (Å²) in [6, 6.07) is 6.24. The molecule has 1 N–H and O–H groups in total. The summed E-state index contributed by atoms with van der Waals surface area (Å²) < 4.78 is 5.28. The zero-order valence-electron chi connectivity index (χ0n) is 10.8. The van der Waals surface area contributed by atoms with E-state index in [0.717, 1.165) is 19.4 Å². The molecule has 1 saturated heterocycles. The maximum atomic E-state index is 10.6. The Kier molecular flexibility index (Phi) is 3.42. The second-order valence-corrected chi connectivity index (χ2v) is 4.76. The van der Waals surface area contributed by atoms with Crippen molar-refractivity contribution >= 4 is 5.69 Å². The third kappa shape index (κ3) is 2.53. The third-order valence-electron chi connectivity index (χ3n) is 3.39. The van der Waals surface area contributed by atoms with E-state index in [1.54, 1.807) is 12.1 Å². The topological polar surface area (TPSA) is 94.1 Å². The Bertz CT molecular complexity index is 602. The van der Waals surface area contributed by atoms with Crippen LogP contribution in [-0.2, 0) is 0 Å². The van der Waals surface area contributed by atoms with Gasteiger partial charge in [-0.25, -0.2) is 0 Å². The summed E-state index contributed by atoms with van der Waals surface area (Å²) >= 11 is 0. The zero-order chi connectivity index (χ0) is 13.9. The van der Waals surface area contributed by atoms with Crippen molar-refractivity contribution in [3.05, 3.63) is 40.3 Å². The van der Waals surface area contributed by atoms with Gasteiger partial charge in [0.05, 0.1) is 11.0 Å². The second kappa shape index (κ2) is 5.38. The molecule has 1 fully saturated rings. The fraction of sp³-hybridized carbons (Fsp3) is 0.385. The Balaban J connectivity index is 1.80. The Morgan fingerprint density at radius 1 is 1.30 bits per heavy atom. The number of nitrogens with zero attached hydrogens (tertiary/aromatic N) is 3. The highest BCUT2D eigenvalue weighted by Gasteiger charge is 2.21. The Hall–Kier alpha value is -2.28. The fourth-order valence-corrected chi connectivity index (χ4v) is 2.29. The van der Waals surface area contributed by atoms with Crippen LogP contribution in [0.15, 0.2) is 28.8 Å². The molecular formula is C13H14N4O3. The second-order valence-electron chi connectivity index (χ2n) is 4.76. The van der Waals surface area contributed by atoms with E-state index in [-0.39, 0.29) is 11.7 Å². The van der Waals surface area contributed by atoms with Crippen LogP contribution in [0.4, 0.5) is 5.69 Å². The number of rotatable bonds is 3. The maximum absolute atomic E-state index is 10.6. The first-order valence-electron chi connectivity index (χ1n) is 6.56. The highest BCUT2D eigenvalue weighted by atomic mass is 16.6. The monoisotopic (exact) mass is 274 g/mol. The molecule has 0 unspecified atom stereocenters. The Morgan fingerprint density at radius 2 is 2.10 bits per heavy atom. The highest BCUT2D eigenvalue weighted by Crippen LogP contribution is 2.25. The van der Waals surface area contributed by atoms with Crippen molar-refractivity contribution in [3.8, 4) is 11.4 Å². The van der Waals surface area contributed by atoms with Crippen LogP contribution in [0.3, 0.4) is 0 Å². The van der Waals surface area contributed by atoms with Gasteiger partial charge in [0, 0.05) is 17.7 Å². The SMILES string of the molecule is O=[N+]([O-])c1ccc(-c2noc([C@H]3CCCCN3)n2)cc1. The lowest BCUT2D eigenvalue weighted by atomic mass is 10.1. The quantitative estimate of drug-likeness (QED) is 0.682. The van der Waals surface area contributed by atoms with Gasteiger partial charge in [-0.15, -0.1) is 0 Å². The van der Waals surface area contributed by atoms with Crippen LogP contribution in [0, 0.1) is 10.1 Å². The number of non-ortho nitro benzene ring substituents is 1. The molecule has 0 aliphatic carbocycles. The number of nitrogens with one attached hydrogen (secondary N) is 1. The average molecular weight is 274 g/mol. The molecule has 7 heteroatoms. The zero-order valence-corrected chi connectivity index (χ0v) is 10.8. The third-order valence-corrected chi connectivity index (χ3v) is 3.39. The lowest BCUT2D eigenvalue weighted by molar-refractivity contribution is -0.384. The van der Waals surface area contributed by atoms with Gasteiger partial charge in [0.1, 0.15) is 0 Å². The number of benzene rings is 1. The molecule has 7 nitrogen and oxygen atoms in total.